The summed E-state index contributed by atoms with van der Waals surface area (Å²) in [6.45, 7) is 1.82. The summed E-state index contributed by atoms with van der Waals surface area (Å²) in [5.74, 6) is 0.575. The molecule has 2 unspecified atom stereocenters. The standard InChI is InChI=1S/C14H20N2O4/c1-19-11-4-2-10(3-5-11)13(17)8-16-14(18)12-9-20-7-6-15-12/h2-5,12-13,15,17H,6-9H2,1H3,(H,16,18). The van der Waals surface area contributed by atoms with Crippen LogP contribution in [0.25, 0.3) is 0 Å². The van der Waals surface area contributed by atoms with Gasteiger partial charge in [-0.05, 0) is 17.7 Å². The SMILES string of the molecule is COc1ccc(C(O)CNC(=O)C2COCCN2)cc1. The van der Waals surface area contributed by atoms with Crippen molar-refractivity contribution in [2.24, 2.45) is 0 Å². The van der Waals surface area contributed by atoms with Crippen LogP contribution >= 0.6 is 0 Å². The molecule has 6 nitrogen and oxygen atoms in total. The molecule has 0 bridgehead atoms. The van der Waals surface area contributed by atoms with E-state index in [0.717, 1.165) is 11.3 Å². The summed E-state index contributed by atoms with van der Waals surface area (Å²) in [6.07, 6.45) is -0.741. The second-order valence-electron chi connectivity index (χ2n) is 4.62. The highest BCUT2D eigenvalue weighted by Crippen LogP contribution is 2.16. The molecule has 6 heteroatoms. The number of carbonyl (C=O) groups excluding carboxylic acids is 1. The fourth-order valence-electron chi connectivity index (χ4n) is 2.00. The van der Waals surface area contributed by atoms with E-state index in [0.29, 0.717) is 19.8 Å². The van der Waals surface area contributed by atoms with Crippen molar-refractivity contribution in [3.8, 4) is 5.75 Å². The number of aliphatic hydroxyl groups is 1. The molecular weight excluding hydrogens is 260 g/mol. The number of methoxy groups -OCH3 is 1. The van der Waals surface area contributed by atoms with Gasteiger partial charge in [-0.3, -0.25) is 4.79 Å². The maximum Gasteiger partial charge on any atom is 0.239 e. The molecule has 20 heavy (non-hydrogen) atoms. The van der Waals surface area contributed by atoms with Crippen molar-refractivity contribution < 1.29 is 19.4 Å². The molecule has 0 aliphatic carbocycles. The summed E-state index contributed by atoms with van der Waals surface area (Å²) in [7, 11) is 1.59. The van der Waals surface area contributed by atoms with Gasteiger partial charge in [-0.15, -0.1) is 0 Å². The summed E-state index contributed by atoms with van der Waals surface area (Å²) in [5, 5.41) is 15.8. The molecule has 1 aliphatic rings. The minimum atomic E-state index is -0.741. The van der Waals surface area contributed by atoms with Crippen molar-refractivity contribution >= 4 is 5.91 Å². The molecule has 0 spiro atoms. The molecule has 0 aromatic heterocycles. The first-order valence-electron chi connectivity index (χ1n) is 6.61. The third-order valence-electron chi connectivity index (χ3n) is 3.21. The molecule has 0 radical (unpaired) electrons. The Morgan fingerprint density at radius 1 is 1.55 bits per heavy atom. The zero-order chi connectivity index (χ0) is 14.4. The summed E-state index contributed by atoms with van der Waals surface area (Å²) in [5.41, 5.74) is 0.735. The van der Waals surface area contributed by atoms with Crippen molar-refractivity contribution in [3.05, 3.63) is 29.8 Å². The van der Waals surface area contributed by atoms with Gasteiger partial charge in [0.05, 0.1) is 26.4 Å². The van der Waals surface area contributed by atoms with Gasteiger partial charge in [0.2, 0.25) is 5.91 Å². The van der Waals surface area contributed by atoms with Gasteiger partial charge in [-0.25, -0.2) is 0 Å². The Labute approximate surface area is 118 Å². The van der Waals surface area contributed by atoms with Crippen LogP contribution in [0.5, 0.6) is 5.75 Å². The number of amides is 1. The molecule has 1 aromatic carbocycles. The number of nitrogens with one attached hydrogen (secondary N) is 2. The minimum absolute atomic E-state index is 0.155. The van der Waals surface area contributed by atoms with Crippen LogP contribution < -0.4 is 15.4 Å². The topological polar surface area (TPSA) is 79.8 Å². The van der Waals surface area contributed by atoms with Gasteiger partial charge in [-0.1, -0.05) is 12.1 Å². The fraction of sp³-hybridized carbons (Fsp3) is 0.500. The number of rotatable bonds is 5. The number of morpholine rings is 1. The molecule has 1 amide bonds. The number of hydrogen-bond acceptors (Lipinski definition) is 5. The van der Waals surface area contributed by atoms with Crippen LogP contribution in [0.2, 0.25) is 0 Å². The highest BCUT2D eigenvalue weighted by molar-refractivity contribution is 5.82. The maximum absolute atomic E-state index is 11.8. The van der Waals surface area contributed by atoms with Crippen LogP contribution in [-0.2, 0) is 9.53 Å². The smallest absolute Gasteiger partial charge is 0.239 e. The normalized spacial score (nSPS) is 20.2. The maximum atomic E-state index is 11.8. The van der Waals surface area contributed by atoms with Crippen molar-refractivity contribution in [2.45, 2.75) is 12.1 Å². The van der Waals surface area contributed by atoms with Gasteiger partial charge in [0, 0.05) is 13.1 Å². The van der Waals surface area contributed by atoms with Gasteiger partial charge in [0.25, 0.3) is 0 Å². The molecule has 1 saturated heterocycles. The van der Waals surface area contributed by atoms with Crippen LogP contribution in [0.1, 0.15) is 11.7 Å². The molecule has 1 aliphatic heterocycles. The lowest BCUT2D eigenvalue weighted by molar-refractivity contribution is -0.126. The Morgan fingerprint density at radius 2 is 2.30 bits per heavy atom. The van der Waals surface area contributed by atoms with Gasteiger partial charge in [0.15, 0.2) is 0 Å². The largest absolute Gasteiger partial charge is 0.497 e. The molecule has 2 atom stereocenters. The Hall–Kier alpha value is -1.63. The van der Waals surface area contributed by atoms with Crippen LogP contribution in [0.3, 0.4) is 0 Å². The highest BCUT2D eigenvalue weighted by Gasteiger charge is 2.21. The monoisotopic (exact) mass is 280 g/mol. The first-order chi connectivity index (χ1) is 9.70. The summed E-state index contributed by atoms with van der Waals surface area (Å²) < 4.78 is 10.3. The zero-order valence-corrected chi connectivity index (χ0v) is 11.5. The van der Waals surface area contributed by atoms with Crippen molar-refractivity contribution in [1.29, 1.82) is 0 Å². The van der Waals surface area contributed by atoms with Crippen molar-refractivity contribution in [1.82, 2.24) is 10.6 Å². The second-order valence-corrected chi connectivity index (χ2v) is 4.62. The number of carbonyl (C=O) groups is 1. The Bertz CT molecular complexity index is 429. The van der Waals surface area contributed by atoms with E-state index in [2.05, 4.69) is 10.6 Å². The first-order valence-corrected chi connectivity index (χ1v) is 6.61. The van der Waals surface area contributed by atoms with Crippen LogP contribution in [0.15, 0.2) is 24.3 Å². The number of ether oxygens (including phenoxy) is 2. The zero-order valence-electron chi connectivity index (χ0n) is 11.5. The Kier molecular flexibility index (Phi) is 5.34. The lowest BCUT2D eigenvalue weighted by Crippen LogP contribution is -2.51. The molecule has 0 saturated carbocycles. The molecule has 1 fully saturated rings. The third-order valence-corrected chi connectivity index (χ3v) is 3.21. The number of hydrogen-bond donors (Lipinski definition) is 3. The van der Waals surface area contributed by atoms with Crippen molar-refractivity contribution in [3.63, 3.8) is 0 Å². The number of benzene rings is 1. The van der Waals surface area contributed by atoms with E-state index in [-0.39, 0.29) is 18.5 Å². The van der Waals surface area contributed by atoms with Gasteiger partial charge >= 0.3 is 0 Å². The average molecular weight is 280 g/mol. The van der Waals surface area contributed by atoms with Crippen LogP contribution in [0.4, 0.5) is 0 Å². The molecule has 3 N–H and O–H groups in total. The fourth-order valence-corrected chi connectivity index (χ4v) is 2.00. The highest BCUT2D eigenvalue weighted by atomic mass is 16.5. The van der Waals surface area contributed by atoms with E-state index in [9.17, 15) is 9.90 Å². The van der Waals surface area contributed by atoms with E-state index in [1.165, 1.54) is 0 Å². The van der Waals surface area contributed by atoms with Gasteiger partial charge in [-0.2, -0.15) is 0 Å². The van der Waals surface area contributed by atoms with E-state index in [4.69, 9.17) is 9.47 Å². The number of aliphatic hydroxyl groups excluding tert-OH is 1. The summed E-state index contributed by atoms with van der Waals surface area (Å²) in [6, 6.07) is 6.76. The molecule has 1 heterocycles. The van der Waals surface area contributed by atoms with Crippen LogP contribution in [0, 0.1) is 0 Å². The molecular formula is C14H20N2O4. The van der Waals surface area contributed by atoms with E-state index < -0.39 is 6.10 Å². The third kappa shape index (κ3) is 3.93. The lowest BCUT2D eigenvalue weighted by atomic mass is 10.1. The first kappa shape index (κ1) is 14.8. The predicted octanol–water partition coefficient (Wildman–Crippen LogP) is -0.167. The van der Waals surface area contributed by atoms with E-state index in [1.54, 1.807) is 31.4 Å². The van der Waals surface area contributed by atoms with Gasteiger partial charge in [0.1, 0.15) is 11.8 Å². The molecule has 2 rings (SSSR count). The minimum Gasteiger partial charge on any atom is -0.497 e. The lowest BCUT2D eigenvalue weighted by Gasteiger charge is -2.23. The Balaban J connectivity index is 1.81. The summed E-state index contributed by atoms with van der Waals surface area (Å²) >= 11 is 0. The van der Waals surface area contributed by atoms with Crippen LogP contribution in [-0.4, -0.2) is 50.5 Å². The second kappa shape index (κ2) is 7.23. The van der Waals surface area contributed by atoms with Crippen molar-refractivity contribution in [2.75, 3.05) is 33.4 Å². The summed E-state index contributed by atoms with van der Waals surface area (Å²) in [4.78, 5) is 11.8. The average Bonchev–Trinajstić information content (AvgIpc) is 2.53. The van der Waals surface area contributed by atoms with Gasteiger partial charge < -0.3 is 25.2 Å². The van der Waals surface area contributed by atoms with E-state index in [1.807, 2.05) is 0 Å². The molecule has 1 aromatic rings. The quantitative estimate of drug-likeness (QED) is 0.698. The van der Waals surface area contributed by atoms with E-state index >= 15 is 0 Å². The molecule has 110 valence electrons. The Morgan fingerprint density at radius 3 is 2.90 bits per heavy atom. The predicted molar refractivity (Wildman–Crippen MR) is 73.6 cm³/mol.